The van der Waals surface area contributed by atoms with Crippen molar-refractivity contribution in [3.63, 3.8) is 0 Å². The van der Waals surface area contributed by atoms with Crippen molar-refractivity contribution < 1.29 is 57.9 Å². The number of nitrogens with one attached hydrogen (secondary N) is 1. The third-order valence-corrected chi connectivity index (χ3v) is 4.75. The van der Waals surface area contributed by atoms with Crippen LogP contribution < -0.4 is 10.5 Å². The summed E-state index contributed by atoms with van der Waals surface area (Å²) < 4.78 is 22.5. The fourth-order valence-electron chi connectivity index (χ4n) is 2.53. The van der Waals surface area contributed by atoms with Gasteiger partial charge < -0.3 is 24.8 Å². The van der Waals surface area contributed by atoms with Gasteiger partial charge in [-0.1, -0.05) is 18.2 Å². The first-order valence-electron chi connectivity index (χ1n) is 9.17. The number of carboxylic acid groups (broad SMARTS) is 1. The first-order chi connectivity index (χ1) is 16.2. The quantitative estimate of drug-likeness (QED) is 0.210. The molecule has 193 valence electrons. The Hall–Kier alpha value is -3.15. The van der Waals surface area contributed by atoms with Crippen LogP contribution in [0.25, 0.3) is 0 Å². The van der Waals surface area contributed by atoms with Gasteiger partial charge in [-0.25, -0.2) is 13.6 Å². The van der Waals surface area contributed by atoms with E-state index in [0.29, 0.717) is 18.7 Å². The monoisotopic (exact) mass is 680 g/mol. The van der Waals surface area contributed by atoms with Crippen molar-refractivity contribution >= 4 is 42.3 Å². The molecule has 0 bridgehead atoms. The summed E-state index contributed by atoms with van der Waals surface area (Å²) in [6.07, 6.45) is 2.10. The van der Waals surface area contributed by atoms with Crippen molar-refractivity contribution in [1.29, 1.82) is 0 Å². The van der Waals surface area contributed by atoms with Crippen LogP contribution in [-0.2, 0) is 67.4 Å². The fraction of sp³-hybridized carbons (Fsp3) is 0.238. The molecule has 0 atom stereocenters. The molecule has 35 heavy (non-hydrogen) atoms. The molecule has 0 aliphatic carbocycles. The molecule has 2 aromatic rings. The number of rotatable bonds is 10. The van der Waals surface area contributed by atoms with Crippen LogP contribution in [0.4, 0.5) is 0 Å². The third kappa shape index (κ3) is 17.0. The van der Waals surface area contributed by atoms with Crippen molar-refractivity contribution in [2.24, 2.45) is 5.14 Å². The summed E-state index contributed by atoms with van der Waals surface area (Å²) in [5.74, 6) is -1.34. The number of carbonyl (C=O) groups excluding carboxylic acids is 4. The van der Waals surface area contributed by atoms with Crippen LogP contribution in [0.15, 0.2) is 53.6 Å². The number of carboxylic acids is 1. The number of primary sulfonamides is 1. The van der Waals surface area contributed by atoms with Gasteiger partial charge in [-0.05, 0) is 36.2 Å². The minimum absolute atomic E-state index is 0. The van der Waals surface area contributed by atoms with Gasteiger partial charge in [-0.2, -0.15) is 0 Å². The van der Waals surface area contributed by atoms with Gasteiger partial charge in [0.25, 0.3) is 0 Å². The van der Waals surface area contributed by atoms with Crippen LogP contribution in [0.1, 0.15) is 11.3 Å². The Morgan fingerprint density at radius 3 is 2.00 bits per heavy atom. The van der Waals surface area contributed by atoms with E-state index < -0.39 is 16.0 Å². The van der Waals surface area contributed by atoms with Gasteiger partial charge in [-0.15, -0.1) is 0 Å². The molecule has 0 fully saturated rings. The summed E-state index contributed by atoms with van der Waals surface area (Å²) >= 11 is 0. The van der Waals surface area contributed by atoms with E-state index in [1.54, 1.807) is 36.5 Å². The number of aromatic nitrogens is 1. The molecule has 12 nitrogen and oxygen atoms in total. The third-order valence-electron chi connectivity index (χ3n) is 3.83. The van der Waals surface area contributed by atoms with Gasteiger partial charge in [0.15, 0.2) is 0 Å². The van der Waals surface area contributed by atoms with Gasteiger partial charge >= 0.3 is 5.97 Å². The number of pyridine rings is 1. The van der Waals surface area contributed by atoms with Gasteiger partial charge in [0.1, 0.15) is 0 Å². The standard InChI is InChI=1S/C18H22N4O5S.3CHO.Re/c19-28(26,27)16-6-4-14(5-7-16)8-10-21-17(23)12-22(13-18(24)25)11-15-3-1-2-9-20-15;3*1-2;/h1-7,9H,8,10-13H2,(H,21,23)(H,24,25)(H2,19,26,27);3*1H;/q;3*-1;. The van der Waals surface area contributed by atoms with Crippen LogP contribution in [-0.4, -0.2) is 75.3 Å². The molecular formula is C21H25N4O8ReS-3. The molecule has 0 aliphatic rings. The van der Waals surface area contributed by atoms with E-state index in [4.69, 9.17) is 24.6 Å². The van der Waals surface area contributed by atoms with Crippen molar-refractivity contribution in [2.45, 2.75) is 17.9 Å². The molecule has 0 saturated heterocycles. The van der Waals surface area contributed by atoms with Crippen LogP contribution in [0.3, 0.4) is 0 Å². The zero-order valence-corrected chi connectivity index (χ0v) is 22.0. The second-order valence-electron chi connectivity index (χ2n) is 6.15. The van der Waals surface area contributed by atoms with Crippen molar-refractivity contribution in [3.05, 3.63) is 59.9 Å². The van der Waals surface area contributed by atoms with E-state index in [2.05, 4.69) is 30.7 Å². The first kappa shape index (κ1) is 36.4. The average Bonchev–Trinajstić information content (AvgIpc) is 2.83. The van der Waals surface area contributed by atoms with Crippen molar-refractivity contribution in [1.82, 2.24) is 15.2 Å². The zero-order chi connectivity index (χ0) is 26.6. The van der Waals surface area contributed by atoms with Gasteiger partial charge in [-0.3, -0.25) is 39.8 Å². The van der Waals surface area contributed by atoms with Crippen molar-refractivity contribution in [3.8, 4) is 0 Å². The Bertz CT molecular complexity index is 958. The number of sulfonamides is 1. The second-order valence-corrected chi connectivity index (χ2v) is 7.71. The number of amides is 1. The number of nitrogens with two attached hydrogens (primary N) is 1. The maximum absolute atomic E-state index is 12.1. The Morgan fingerprint density at radius 2 is 1.54 bits per heavy atom. The van der Waals surface area contributed by atoms with Crippen molar-refractivity contribution in [2.75, 3.05) is 19.6 Å². The summed E-state index contributed by atoms with van der Waals surface area (Å²) in [6.45, 7) is 9.97. The Balaban J connectivity index is -0.00000135. The SMILES string of the molecule is NS(=O)(=O)c1ccc(CCNC(=O)CN(CC(=O)O)Cc2ccccn2)cc1.[CH-]=O.[CH-]=O.[CH-]=O.[Re]. The predicted octanol–water partition coefficient (Wildman–Crippen LogP) is -0.850. The molecule has 4 N–H and O–H groups in total. The summed E-state index contributed by atoms with van der Waals surface area (Å²) in [6, 6.07) is 11.4. The zero-order valence-electron chi connectivity index (χ0n) is 18.4. The molecule has 0 spiro atoms. The molecule has 1 radical (unpaired) electrons. The van der Waals surface area contributed by atoms with Gasteiger partial charge in [0.05, 0.1) is 23.7 Å². The van der Waals surface area contributed by atoms with E-state index >= 15 is 0 Å². The first-order valence-corrected chi connectivity index (χ1v) is 10.7. The van der Waals surface area contributed by atoms with Gasteiger partial charge in [0.2, 0.25) is 15.9 Å². The number of hydrogen-bond donors (Lipinski definition) is 3. The van der Waals surface area contributed by atoms with E-state index in [0.717, 1.165) is 5.56 Å². The Labute approximate surface area is 217 Å². The molecular weight excluding hydrogens is 655 g/mol. The molecule has 0 aliphatic heterocycles. The topological polar surface area (TPSA) is 194 Å². The summed E-state index contributed by atoms with van der Waals surface area (Å²) in [5.41, 5.74) is 1.51. The smallest absolute Gasteiger partial charge is 0.317 e. The van der Waals surface area contributed by atoms with Crippen LogP contribution in [0.5, 0.6) is 0 Å². The summed E-state index contributed by atoms with van der Waals surface area (Å²) in [7, 11) is -3.73. The molecule has 2 rings (SSSR count). The second kappa shape index (κ2) is 21.4. The average molecular weight is 680 g/mol. The molecule has 1 amide bonds. The molecule has 14 heteroatoms. The maximum Gasteiger partial charge on any atom is 0.317 e. The van der Waals surface area contributed by atoms with Crippen LogP contribution in [0.2, 0.25) is 0 Å². The minimum Gasteiger partial charge on any atom is -0.545 e. The molecule has 1 aromatic carbocycles. The normalized spacial score (nSPS) is 9.43. The molecule has 1 aromatic heterocycles. The summed E-state index contributed by atoms with van der Waals surface area (Å²) in [4.78, 5) is 52.1. The number of nitrogens with zero attached hydrogens (tertiary/aromatic N) is 2. The molecule has 0 saturated carbocycles. The Kier molecular flexibility index (Phi) is 22.3. The molecule has 1 heterocycles. The van der Waals surface area contributed by atoms with Gasteiger partial charge in [0, 0.05) is 39.7 Å². The van der Waals surface area contributed by atoms with E-state index in [1.165, 1.54) is 17.0 Å². The maximum atomic E-state index is 12.1. The predicted molar refractivity (Wildman–Crippen MR) is 122 cm³/mol. The number of benzene rings is 1. The number of carbonyl (C=O) groups is 2. The molecule has 0 unspecified atom stereocenters. The largest absolute Gasteiger partial charge is 0.545 e. The van der Waals surface area contributed by atoms with E-state index in [-0.39, 0.29) is 50.9 Å². The van der Waals surface area contributed by atoms with E-state index in [9.17, 15) is 18.0 Å². The van der Waals surface area contributed by atoms with E-state index in [1.807, 2.05) is 0 Å². The van der Waals surface area contributed by atoms with Crippen LogP contribution >= 0.6 is 0 Å². The fourth-order valence-corrected chi connectivity index (χ4v) is 3.05. The minimum atomic E-state index is -3.73. The number of hydrogen-bond acceptors (Lipinski definition) is 9. The Morgan fingerprint density at radius 1 is 0.971 bits per heavy atom. The van der Waals surface area contributed by atoms with Crippen LogP contribution in [0, 0.1) is 0 Å². The summed E-state index contributed by atoms with van der Waals surface area (Å²) in [5, 5.41) is 16.8. The number of aliphatic carboxylic acids is 1.